The quantitative estimate of drug-likeness (QED) is 0.636. The molecule has 0 bridgehead atoms. The van der Waals surface area contributed by atoms with Crippen molar-refractivity contribution >= 4 is 16.8 Å². The first-order valence-corrected chi connectivity index (χ1v) is 6.24. The lowest BCUT2D eigenvalue weighted by Crippen LogP contribution is -2.20. The normalized spacial score (nSPS) is 14.8. The first kappa shape index (κ1) is 13.6. The van der Waals surface area contributed by atoms with Crippen LogP contribution in [0.2, 0.25) is 0 Å². The van der Waals surface area contributed by atoms with Gasteiger partial charge in [0.1, 0.15) is 5.75 Å². The molecule has 0 aliphatic heterocycles. The van der Waals surface area contributed by atoms with Gasteiger partial charge in [0, 0.05) is 23.2 Å². The zero-order chi connectivity index (χ0) is 11.0. The molecule has 2 unspecified atom stereocenters. The van der Waals surface area contributed by atoms with Crippen molar-refractivity contribution in [3.8, 4) is 0 Å². The maximum Gasteiger partial charge on any atom is 0.318 e. The Kier molecular flexibility index (Phi) is 7.70. The van der Waals surface area contributed by atoms with Gasteiger partial charge in [-0.3, -0.25) is 9.00 Å². The molecule has 0 aromatic carbocycles. The van der Waals surface area contributed by atoms with Crippen LogP contribution in [0.15, 0.2) is 0 Å². The summed E-state index contributed by atoms with van der Waals surface area (Å²) in [6.45, 7) is 3.72. The van der Waals surface area contributed by atoms with E-state index in [0.717, 1.165) is 6.42 Å². The number of ether oxygens (including phenoxy) is 1. The average molecular weight is 222 g/mol. The first-order chi connectivity index (χ1) is 6.60. The van der Waals surface area contributed by atoms with E-state index in [-0.39, 0.29) is 18.5 Å². The molecule has 0 fully saturated rings. The van der Waals surface area contributed by atoms with Gasteiger partial charge in [0.25, 0.3) is 0 Å². The molecule has 0 saturated heterocycles. The molecule has 1 N–H and O–H groups in total. The number of carbonyl (C=O) groups is 1. The van der Waals surface area contributed by atoms with E-state index in [1.165, 1.54) is 0 Å². The van der Waals surface area contributed by atoms with Crippen LogP contribution in [0.25, 0.3) is 0 Å². The number of carbonyl (C=O) groups excluding carboxylic acids is 1. The van der Waals surface area contributed by atoms with Crippen molar-refractivity contribution in [2.24, 2.45) is 0 Å². The Morgan fingerprint density at radius 3 is 2.71 bits per heavy atom. The molecule has 14 heavy (non-hydrogen) atoms. The minimum atomic E-state index is -1.20. The van der Waals surface area contributed by atoms with E-state index >= 15 is 0 Å². The van der Waals surface area contributed by atoms with Crippen LogP contribution in [-0.4, -0.2) is 39.5 Å². The maximum atomic E-state index is 11.2. The van der Waals surface area contributed by atoms with E-state index in [1.807, 2.05) is 6.92 Å². The summed E-state index contributed by atoms with van der Waals surface area (Å²) in [5, 5.41) is 8.48. The van der Waals surface area contributed by atoms with Gasteiger partial charge in [-0.1, -0.05) is 6.92 Å². The fourth-order valence-corrected chi connectivity index (χ4v) is 1.70. The predicted octanol–water partition coefficient (Wildman–Crippen LogP) is 0.459. The maximum absolute atomic E-state index is 11.2. The van der Waals surface area contributed by atoms with Crippen LogP contribution in [0.3, 0.4) is 0 Å². The molecule has 4 nitrogen and oxygen atoms in total. The van der Waals surface area contributed by atoms with Crippen molar-refractivity contribution in [2.75, 3.05) is 18.1 Å². The number of hydrogen-bond acceptors (Lipinski definition) is 4. The Labute approximate surface area is 87.1 Å². The zero-order valence-electron chi connectivity index (χ0n) is 8.69. The molecule has 5 heteroatoms. The average Bonchev–Trinajstić information content (AvgIpc) is 2.14. The second-order valence-electron chi connectivity index (χ2n) is 3.07. The van der Waals surface area contributed by atoms with Crippen LogP contribution in [0, 0.1) is 0 Å². The Bertz CT molecular complexity index is 193. The molecule has 2 atom stereocenters. The van der Waals surface area contributed by atoms with Crippen LogP contribution in [0.5, 0.6) is 0 Å². The smallest absolute Gasteiger partial charge is 0.318 e. The van der Waals surface area contributed by atoms with Gasteiger partial charge in [0.15, 0.2) is 0 Å². The summed E-state index contributed by atoms with van der Waals surface area (Å²) in [5.41, 5.74) is 0. The molecule has 84 valence electrons. The highest BCUT2D eigenvalue weighted by Gasteiger charge is 2.11. The molecule has 0 heterocycles. The third-order valence-corrected chi connectivity index (χ3v) is 3.02. The summed E-state index contributed by atoms with van der Waals surface area (Å²) in [5.74, 6) is -0.133. The summed E-state index contributed by atoms with van der Waals surface area (Å²) in [4.78, 5) is 11.1. The Hall–Kier alpha value is -0.420. The third-order valence-electron chi connectivity index (χ3n) is 1.72. The van der Waals surface area contributed by atoms with Crippen LogP contribution in [-0.2, 0) is 20.3 Å². The second kappa shape index (κ2) is 7.94. The molecular formula is C9H18O4S. The van der Waals surface area contributed by atoms with Crippen molar-refractivity contribution < 1.29 is 18.8 Å². The summed E-state index contributed by atoms with van der Waals surface area (Å²) < 4.78 is 16.1. The van der Waals surface area contributed by atoms with E-state index < -0.39 is 16.8 Å². The SMILES string of the molecule is CCC(C)OC(=O)CS(=O)CCCO. The van der Waals surface area contributed by atoms with E-state index in [0.29, 0.717) is 12.2 Å². The molecule has 0 aliphatic carbocycles. The van der Waals surface area contributed by atoms with Crippen LogP contribution < -0.4 is 0 Å². The van der Waals surface area contributed by atoms with Gasteiger partial charge in [0.2, 0.25) is 0 Å². The highest BCUT2D eigenvalue weighted by molar-refractivity contribution is 7.85. The minimum Gasteiger partial charge on any atom is -0.462 e. The highest BCUT2D eigenvalue weighted by Crippen LogP contribution is 1.98. The molecule has 0 aliphatic rings. The van der Waals surface area contributed by atoms with Crippen molar-refractivity contribution in [2.45, 2.75) is 32.8 Å². The summed E-state index contributed by atoms with van der Waals surface area (Å²) in [6.07, 6.45) is 1.11. The first-order valence-electron chi connectivity index (χ1n) is 4.75. The Morgan fingerprint density at radius 1 is 1.57 bits per heavy atom. The molecule has 0 spiro atoms. The van der Waals surface area contributed by atoms with Crippen molar-refractivity contribution in [3.05, 3.63) is 0 Å². The summed E-state index contributed by atoms with van der Waals surface area (Å²) >= 11 is 0. The van der Waals surface area contributed by atoms with Gasteiger partial charge in [-0.25, -0.2) is 0 Å². The van der Waals surface area contributed by atoms with Gasteiger partial charge >= 0.3 is 5.97 Å². The number of aliphatic hydroxyl groups is 1. The molecule has 0 saturated carbocycles. The molecule has 0 amide bonds. The Morgan fingerprint density at radius 2 is 2.21 bits per heavy atom. The van der Waals surface area contributed by atoms with E-state index in [1.54, 1.807) is 6.92 Å². The molecule has 0 radical (unpaired) electrons. The van der Waals surface area contributed by atoms with Gasteiger partial charge in [-0.2, -0.15) is 0 Å². The van der Waals surface area contributed by atoms with Crippen molar-refractivity contribution in [1.82, 2.24) is 0 Å². The number of rotatable bonds is 7. The fraction of sp³-hybridized carbons (Fsp3) is 0.889. The highest BCUT2D eigenvalue weighted by atomic mass is 32.2. The van der Waals surface area contributed by atoms with E-state index in [4.69, 9.17) is 9.84 Å². The number of esters is 1. The largest absolute Gasteiger partial charge is 0.462 e. The zero-order valence-corrected chi connectivity index (χ0v) is 9.51. The standard InChI is InChI=1S/C9H18O4S/c1-3-8(2)13-9(11)7-14(12)6-4-5-10/h8,10H,3-7H2,1-2H3. The fourth-order valence-electron chi connectivity index (χ4n) is 0.771. The lowest BCUT2D eigenvalue weighted by Gasteiger charge is -2.10. The van der Waals surface area contributed by atoms with Gasteiger partial charge < -0.3 is 9.84 Å². The number of hydrogen-bond donors (Lipinski definition) is 1. The topological polar surface area (TPSA) is 63.6 Å². The van der Waals surface area contributed by atoms with Gasteiger partial charge in [-0.05, 0) is 19.8 Å². The molecule has 0 aromatic heterocycles. The van der Waals surface area contributed by atoms with Gasteiger partial charge in [-0.15, -0.1) is 0 Å². The van der Waals surface area contributed by atoms with Crippen LogP contribution in [0.4, 0.5) is 0 Å². The third kappa shape index (κ3) is 7.03. The number of aliphatic hydroxyl groups excluding tert-OH is 1. The van der Waals surface area contributed by atoms with Crippen molar-refractivity contribution in [3.63, 3.8) is 0 Å². The van der Waals surface area contributed by atoms with Crippen LogP contribution in [0.1, 0.15) is 26.7 Å². The molecule has 0 aromatic rings. The lowest BCUT2D eigenvalue weighted by atomic mass is 10.3. The second-order valence-corrected chi connectivity index (χ2v) is 4.65. The Balaban J connectivity index is 3.66. The van der Waals surface area contributed by atoms with Crippen molar-refractivity contribution in [1.29, 1.82) is 0 Å². The minimum absolute atomic E-state index is 0.00610. The predicted molar refractivity (Wildman–Crippen MR) is 55.4 cm³/mol. The monoisotopic (exact) mass is 222 g/mol. The van der Waals surface area contributed by atoms with Gasteiger partial charge in [0.05, 0.1) is 6.10 Å². The van der Waals surface area contributed by atoms with E-state index in [2.05, 4.69) is 0 Å². The van der Waals surface area contributed by atoms with E-state index in [9.17, 15) is 9.00 Å². The summed E-state index contributed by atoms with van der Waals surface area (Å²) in [6, 6.07) is 0. The molecular weight excluding hydrogens is 204 g/mol. The molecule has 0 rings (SSSR count). The van der Waals surface area contributed by atoms with Crippen LogP contribution >= 0.6 is 0 Å². The lowest BCUT2D eigenvalue weighted by molar-refractivity contribution is -0.145. The summed E-state index contributed by atoms with van der Waals surface area (Å²) in [7, 11) is -1.20.